The van der Waals surface area contributed by atoms with Gasteiger partial charge in [-0.25, -0.2) is 0 Å². The molecule has 1 rings (SSSR count). The molecule has 0 aromatic heterocycles. The lowest BCUT2D eigenvalue weighted by Crippen LogP contribution is -1.92. The molecule has 0 heterocycles. The van der Waals surface area contributed by atoms with Crippen LogP contribution < -0.4 is 0 Å². The average Bonchev–Trinajstić information content (AvgIpc) is 2.42. The number of aliphatic hydroxyl groups excluding tert-OH is 1. The molecule has 0 saturated carbocycles. The Labute approximate surface area is 113 Å². The number of unbranched alkanes of at least 4 members (excludes halogenated alkanes) is 1. The number of aliphatic hydroxyl groups is 1. The Morgan fingerprint density at radius 2 is 1.83 bits per heavy atom. The molecule has 18 heavy (non-hydrogen) atoms. The molecule has 0 aliphatic rings. The number of aryl methyl sites for hydroxylation is 1. The summed E-state index contributed by atoms with van der Waals surface area (Å²) in [5.41, 5.74) is 1.47. The van der Waals surface area contributed by atoms with Gasteiger partial charge in [-0.15, -0.1) is 0 Å². The highest BCUT2D eigenvalue weighted by Gasteiger charge is 1.97. The molecular formula is C17H28O. The van der Waals surface area contributed by atoms with Crippen molar-refractivity contribution in [2.45, 2.75) is 46.0 Å². The molecule has 1 aromatic rings. The van der Waals surface area contributed by atoms with E-state index in [1.54, 1.807) is 0 Å². The van der Waals surface area contributed by atoms with Gasteiger partial charge in [-0.05, 0) is 37.2 Å². The van der Waals surface area contributed by atoms with Crippen molar-refractivity contribution in [2.24, 2.45) is 5.92 Å². The van der Waals surface area contributed by atoms with Crippen molar-refractivity contribution in [3.05, 3.63) is 48.0 Å². The molecule has 1 nitrogen and oxygen atoms in total. The van der Waals surface area contributed by atoms with E-state index in [0.717, 1.165) is 13.0 Å². The van der Waals surface area contributed by atoms with Gasteiger partial charge in [0.05, 0.1) is 0 Å². The van der Waals surface area contributed by atoms with Crippen molar-refractivity contribution in [2.75, 3.05) is 7.11 Å². The van der Waals surface area contributed by atoms with E-state index < -0.39 is 0 Å². The summed E-state index contributed by atoms with van der Waals surface area (Å²) in [6.45, 7) is 4.54. The normalized spacial score (nSPS) is 12.0. The highest BCUT2D eigenvalue weighted by Crippen LogP contribution is 2.11. The molecule has 102 valence electrons. The van der Waals surface area contributed by atoms with Gasteiger partial charge < -0.3 is 5.11 Å². The average molecular weight is 248 g/mol. The Kier molecular flexibility index (Phi) is 11.6. The molecule has 1 heteroatoms. The summed E-state index contributed by atoms with van der Waals surface area (Å²) in [4.78, 5) is 0. The van der Waals surface area contributed by atoms with Crippen LogP contribution in [0, 0.1) is 5.92 Å². The van der Waals surface area contributed by atoms with Crippen LogP contribution in [-0.2, 0) is 6.42 Å². The van der Waals surface area contributed by atoms with E-state index in [9.17, 15) is 0 Å². The minimum absolute atomic E-state index is 0.732. The maximum Gasteiger partial charge on any atom is 0.0319 e. The Balaban J connectivity index is 0.00000137. The van der Waals surface area contributed by atoms with Gasteiger partial charge >= 0.3 is 0 Å². The van der Waals surface area contributed by atoms with Gasteiger partial charge in [-0.2, -0.15) is 0 Å². The largest absolute Gasteiger partial charge is 0.400 e. The lowest BCUT2D eigenvalue weighted by atomic mass is 10.0. The number of hydrogen-bond acceptors (Lipinski definition) is 1. The lowest BCUT2D eigenvalue weighted by molar-refractivity contribution is 0.399. The number of rotatable bonds is 7. The Morgan fingerprint density at radius 1 is 1.17 bits per heavy atom. The van der Waals surface area contributed by atoms with Gasteiger partial charge in [0.2, 0.25) is 0 Å². The highest BCUT2D eigenvalue weighted by atomic mass is 16.2. The number of hydrogen-bond donors (Lipinski definition) is 1. The number of benzene rings is 1. The van der Waals surface area contributed by atoms with Crippen LogP contribution in [0.2, 0.25) is 0 Å². The Bertz CT molecular complexity index is 290. The fourth-order valence-corrected chi connectivity index (χ4v) is 1.86. The van der Waals surface area contributed by atoms with Crippen LogP contribution >= 0.6 is 0 Å². The van der Waals surface area contributed by atoms with Gasteiger partial charge in [0.15, 0.2) is 0 Å². The first kappa shape index (κ1) is 16.9. The smallest absolute Gasteiger partial charge is 0.0319 e. The van der Waals surface area contributed by atoms with E-state index in [2.05, 4.69) is 56.3 Å². The van der Waals surface area contributed by atoms with Crippen LogP contribution in [0.4, 0.5) is 0 Å². The molecule has 1 atom stereocenters. The third kappa shape index (κ3) is 9.00. The topological polar surface area (TPSA) is 20.2 Å². The first-order valence-corrected chi connectivity index (χ1v) is 6.98. The second-order valence-corrected chi connectivity index (χ2v) is 4.57. The molecule has 1 unspecified atom stereocenters. The van der Waals surface area contributed by atoms with E-state index in [0.29, 0.717) is 0 Å². The van der Waals surface area contributed by atoms with Crippen LogP contribution in [0.15, 0.2) is 42.5 Å². The molecule has 0 saturated heterocycles. The standard InChI is InChI=1S/C16H24.CH4O/c1-3-4-6-10-15(2)11-9-14-16-12-7-5-8-13-16;1-2/h5-8,10,12-13,15H,3-4,9,11,14H2,1-2H3;2H,1H3/b10-6+;. The molecule has 0 radical (unpaired) electrons. The van der Waals surface area contributed by atoms with Crippen LogP contribution in [0.1, 0.15) is 45.1 Å². The molecule has 0 spiro atoms. The van der Waals surface area contributed by atoms with Gasteiger partial charge in [0, 0.05) is 7.11 Å². The summed E-state index contributed by atoms with van der Waals surface area (Å²) in [7, 11) is 1.00. The lowest BCUT2D eigenvalue weighted by Gasteiger charge is -2.06. The maximum atomic E-state index is 7.00. The van der Waals surface area contributed by atoms with Crippen molar-refractivity contribution in [1.82, 2.24) is 0 Å². The summed E-state index contributed by atoms with van der Waals surface area (Å²) in [5.74, 6) is 0.732. The summed E-state index contributed by atoms with van der Waals surface area (Å²) < 4.78 is 0. The second kappa shape index (κ2) is 12.4. The van der Waals surface area contributed by atoms with Crippen molar-refractivity contribution in [3.8, 4) is 0 Å². The fourth-order valence-electron chi connectivity index (χ4n) is 1.86. The van der Waals surface area contributed by atoms with Crippen LogP contribution in [0.25, 0.3) is 0 Å². The quantitative estimate of drug-likeness (QED) is 0.699. The zero-order chi connectivity index (χ0) is 13.6. The zero-order valence-electron chi connectivity index (χ0n) is 12.1. The molecule has 0 amide bonds. The van der Waals surface area contributed by atoms with E-state index in [4.69, 9.17) is 5.11 Å². The van der Waals surface area contributed by atoms with Gasteiger partial charge in [0.25, 0.3) is 0 Å². The summed E-state index contributed by atoms with van der Waals surface area (Å²) in [5, 5.41) is 7.00. The van der Waals surface area contributed by atoms with Crippen LogP contribution in [0.3, 0.4) is 0 Å². The van der Waals surface area contributed by atoms with Crippen molar-refractivity contribution < 1.29 is 5.11 Å². The molecule has 0 fully saturated rings. The molecular weight excluding hydrogens is 220 g/mol. The fraction of sp³-hybridized carbons (Fsp3) is 0.529. The Morgan fingerprint density at radius 3 is 2.44 bits per heavy atom. The number of allylic oxidation sites excluding steroid dienone is 2. The predicted octanol–water partition coefficient (Wildman–Crippen LogP) is 4.61. The minimum atomic E-state index is 0.732. The van der Waals surface area contributed by atoms with E-state index >= 15 is 0 Å². The maximum absolute atomic E-state index is 7.00. The Hall–Kier alpha value is -1.08. The SMILES string of the molecule is CCC/C=C/C(C)CCCc1ccccc1.CO. The van der Waals surface area contributed by atoms with Crippen LogP contribution in [0.5, 0.6) is 0 Å². The third-order valence-electron chi connectivity index (χ3n) is 2.89. The monoisotopic (exact) mass is 248 g/mol. The molecule has 0 aliphatic heterocycles. The highest BCUT2D eigenvalue weighted by molar-refractivity contribution is 5.14. The van der Waals surface area contributed by atoms with Gasteiger partial charge in [0.1, 0.15) is 0 Å². The molecule has 0 aliphatic carbocycles. The van der Waals surface area contributed by atoms with Crippen molar-refractivity contribution in [1.29, 1.82) is 0 Å². The van der Waals surface area contributed by atoms with E-state index in [-0.39, 0.29) is 0 Å². The zero-order valence-corrected chi connectivity index (χ0v) is 12.1. The van der Waals surface area contributed by atoms with Crippen LogP contribution in [-0.4, -0.2) is 12.2 Å². The first-order chi connectivity index (χ1) is 8.83. The summed E-state index contributed by atoms with van der Waals surface area (Å²) >= 11 is 0. The summed E-state index contributed by atoms with van der Waals surface area (Å²) in [6.07, 6.45) is 11.0. The molecule has 1 N–H and O–H groups in total. The minimum Gasteiger partial charge on any atom is -0.400 e. The van der Waals surface area contributed by atoms with Crippen molar-refractivity contribution in [3.63, 3.8) is 0 Å². The van der Waals surface area contributed by atoms with E-state index in [1.165, 1.54) is 37.7 Å². The van der Waals surface area contributed by atoms with Crippen molar-refractivity contribution >= 4 is 0 Å². The summed E-state index contributed by atoms with van der Waals surface area (Å²) in [6, 6.07) is 10.8. The second-order valence-electron chi connectivity index (χ2n) is 4.57. The molecule has 1 aromatic carbocycles. The van der Waals surface area contributed by atoms with Gasteiger partial charge in [-0.1, -0.05) is 62.8 Å². The molecule has 0 bridgehead atoms. The first-order valence-electron chi connectivity index (χ1n) is 6.98. The van der Waals surface area contributed by atoms with E-state index in [1.807, 2.05) is 0 Å². The third-order valence-corrected chi connectivity index (χ3v) is 2.89. The van der Waals surface area contributed by atoms with Gasteiger partial charge in [-0.3, -0.25) is 0 Å². The predicted molar refractivity (Wildman–Crippen MR) is 80.7 cm³/mol.